The molecule has 3 heterocycles. The summed E-state index contributed by atoms with van der Waals surface area (Å²) in [4.78, 5) is 9.61. The first-order valence-corrected chi connectivity index (χ1v) is 7.94. The van der Waals surface area contributed by atoms with Crippen LogP contribution in [0.15, 0.2) is 18.5 Å². The summed E-state index contributed by atoms with van der Waals surface area (Å²) in [6.45, 7) is 10.1. The maximum absolute atomic E-state index is 4.37. The van der Waals surface area contributed by atoms with E-state index in [1.54, 1.807) is 0 Å². The Morgan fingerprint density at radius 2 is 2.30 bits per heavy atom. The zero-order chi connectivity index (χ0) is 13.9. The molecule has 1 aromatic heterocycles. The van der Waals surface area contributed by atoms with Crippen molar-refractivity contribution >= 4 is 5.69 Å². The highest BCUT2D eigenvalue weighted by Gasteiger charge is 2.35. The van der Waals surface area contributed by atoms with Gasteiger partial charge in [-0.15, -0.1) is 0 Å². The predicted octanol–water partition coefficient (Wildman–Crippen LogP) is 1.86. The van der Waals surface area contributed by atoms with Gasteiger partial charge in [0, 0.05) is 37.9 Å². The number of rotatable bonds is 4. The molecule has 0 aromatic carbocycles. The summed E-state index contributed by atoms with van der Waals surface area (Å²) in [5.74, 6) is 0. The van der Waals surface area contributed by atoms with Crippen LogP contribution >= 0.6 is 0 Å². The third-order valence-corrected chi connectivity index (χ3v) is 4.70. The lowest BCUT2D eigenvalue weighted by atomic mass is 10.1. The Hall–Kier alpha value is -1.13. The van der Waals surface area contributed by atoms with Gasteiger partial charge in [0.05, 0.1) is 11.9 Å². The molecule has 0 spiro atoms. The average molecular weight is 274 g/mol. The first-order valence-electron chi connectivity index (χ1n) is 7.94. The van der Waals surface area contributed by atoms with Gasteiger partial charge in [-0.25, -0.2) is 0 Å². The van der Waals surface area contributed by atoms with Crippen LogP contribution in [0.1, 0.15) is 32.3 Å². The van der Waals surface area contributed by atoms with E-state index in [9.17, 15) is 0 Å². The van der Waals surface area contributed by atoms with E-state index in [1.807, 2.05) is 12.4 Å². The van der Waals surface area contributed by atoms with E-state index in [1.165, 1.54) is 37.2 Å². The SMILES string of the molecule is CCNCc1ccncc1N1CC2CCCN2CC1C. The van der Waals surface area contributed by atoms with Crippen LogP contribution in [0.4, 0.5) is 5.69 Å². The van der Waals surface area contributed by atoms with Crippen LogP contribution < -0.4 is 10.2 Å². The summed E-state index contributed by atoms with van der Waals surface area (Å²) in [6, 6.07) is 3.48. The van der Waals surface area contributed by atoms with Gasteiger partial charge in [0.1, 0.15) is 0 Å². The Kier molecular flexibility index (Phi) is 4.22. The minimum absolute atomic E-state index is 0.578. The molecule has 110 valence electrons. The fourth-order valence-corrected chi connectivity index (χ4v) is 3.61. The van der Waals surface area contributed by atoms with E-state index < -0.39 is 0 Å². The molecule has 2 aliphatic heterocycles. The van der Waals surface area contributed by atoms with Gasteiger partial charge < -0.3 is 10.2 Å². The third-order valence-electron chi connectivity index (χ3n) is 4.70. The van der Waals surface area contributed by atoms with Gasteiger partial charge in [-0.2, -0.15) is 0 Å². The third kappa shape index (κ3) is 2.67. The molecule has 2 fully saturated rings. The van der Waals surface area contributed by atoms with Gasteiger partial charge in [0.15, 0.2) is 0 Å². The molecule has 2 atom stereocenters. The second-order valence-electron chi connectivity index (χ2n) is 6.08. The molecule has 3 rings (SSSR count). The van der Waals surface area contributed by atoms with Crippen LogP contribution in [0.25, 0.3) is 0 Å². The summed E-state index contributed by atoms with van der Waals surface area (Å²) >= 11 is 0. The maximum atomic E-state index is 4.37. The van der Waals surface area contributed by atoms with Crippen LogP contribution in [0.5, 0.6) is 0 Å². The monoisotopic (exact) mass is 274 g/mol. The molecule has 4 nitrogen and oxygen atoms in total. The number of nitrogens with one attached hydrogen (secondary N) is 1. The molecule has 1 N–H and O–H groups in total. The van der Waals surface area contributed by atoms with E-state index in [2.05, 4.69) is 40.0 Å². The van der Waals surface area contributed by atoms with E-state index in [-0.39, 0.29) is 0 Å². The number of anilines is 1. The summed E-state index contributed by atoms with van der Waals surface area (Å²) in [5.41, 5.74) is 2.70. The normalized spacial score (nSPS) is 26.8. The molecule has 0 aliphatic carbocycles. The smallest absolute Gasteiger partial charge is 0.0601 e. The van der Waals surface area contributed by atoms with Crippen LogP contribution in [0, 0.1) is 0 Å². The summed E-state index contributed by atoms with van der Waals surface area (Å²) < 4.78 is 0. The van der Waals surface area contributed by atoms with Crippen molar-refractivity contribution in [2.75, 3.05) is 31.1 Å². The minimum atomic E-state index is 0.578. The van der Waals surface area contributed by atoms with Gasteiger partial charge in [-0.1, -0.05) is 6.92 Å². The second-order valence-corrected chi connectivity index (χ2v) is 6.08. The van der Waals surface area contributed by atoms with E-state index >= 15 is 0 Å². The molecule has 2 unspecified atom stereocenters. The number of aromatic nitrogens is 1. The molecule has 0 saturated carbocycles. The Morgan fingerprint density at radius 1 is 1.40 bits per heavy atom. The Morgan fingerprint density at radius 3 is 3.15 bits per heavy atom. The van der Waals surface area contributed by atoms with Crippen LogP contribution in [0.2, 0.25) is 0 Å². The van der Waals surface area contributed by atoms with Crippen molar-refractivity contribution in [2.24, 2.45) is 0 Å². The fraction of sp³-hybridized carbons (Fsp3) is 0.688. The Balaban J connectivity index is 1.80. The van der Waals surface area contributed by atoms with Gasteiger partial charge in [-0.3, -0.25) is 9.88 Å². The second kappa shape index (κ2) is 6.10. The first-order chi connectivity index (χ1) is 9.79. The first kappa shape index (κ1) is 13.8. The van der Waals surface area contributed by atoms with Crippen LogP contribution in [0.3, 0.4) is 0 Å². The Labute approximate surface area is 122 Å². The van der Waals surface area contributed by atoms with E-state index in [0.29, 0.717) is 6.04 Å². The molecule has 4 heteroatoms. The topological polar surface area (TPSA) is 31.4 Å². The minimum Gasteiger partial charge on any atom is -0.364 e. The predicted molar refractivity (Wildman–Crippen MR) is 83.0 cm³/mol. The summed E-state index contributed by atoms with van der Waals surface area (Å²) in [6.07, 6.45) is 6.68. The highest BCUT2D eigenvalue weighted by Crippen LogP contribution is 2.30. The number of pyridine rings is 1. The lowest BCUT2D eigenvalue weighted by Gasteiger charge is -2.44. The average Bonchev–Trinajstić information content (AvgIpc) is 2.91. The molecular formula is C16H26N4. The van der Waals surface area contributed by atoms with Crippen molar-refractivity contribution in [3.63, 3.8) is 0 Å². The molecule has 0 bridgehead atoms. The van der Waals surface area contributed by atoms with Crippen LogP contribution in [-0.4, -0.2) is 48.1 Å². The zero-order valence-corrected chi connectivity index (χ0v) is 12.7. The zero-order valence-electron chi connectivity index (χ0n) is 12.7. The Bertz CT molecular complexity index is 448. The standard InChI is InChI=1S/C16H26N4/c1-3-17-9-14-6-7-18-10-16(14)20-12-15-5-4-8-19(15)11-13(20)2/h6-7,10,13,15,17H,3-5,8-9,11-12H2,1-2H3. The molecule has 0 radical (unpaired) electrons. The van der Waals surface area contributed by atoms with Crippen molar-refractivity contribution < 1.29 is 0 Å². The molecule has 2 saturated heterocycles. The number of fused-ring (bicyclic) bond motifs is 1. The van der Waals surface area contributed by atoms with Crippen LogP contribution in [-0.2, 0) is 6.54 Å². The van der Waals surface area contributed by atoms with Crippen molar-refractivity contribution in [1.29, 1.82) is 0 Å². The van der Waals surface area contributed by atoms with Crippen molar-refractivity contribution in [1.82, 2.24) is 15.2 Å². The lowest BCUT2D eigenvalue weighted by Crippen LogP contribution is -2.55. The summed E-state index contributed by atoms with van der Waals surface area (Å²) in [7, 11) is 0. The van der Waals surface area contributed by atoms with E-state index in [4.69, 9.17) is 0 Å². The molecule has 1 aromatic rings. The largest absolute Gasteiger partial charge is 0.364 e. The van der Waals surface area contributed by atoms with Gasteiger partial charge in [-0.05, 0) is 44.5 Å². The molecular weight excluding hydrogens is 248 g/mol. The molecule has 20 heavy (non-hydrogen) atoms. The number of hydrogen-bond acceptors (Lipinski definition) is 4. The fourth-order valence-electron chi connectivity index (χ4n) is 3.61. The summed E-state index contributed by atoms with van der Waals surface area (Å²) in [5, 5.41) is 3.44. The highest BCUT2D eigenvalue weighted by atomic mass is 15.3. The van der Waals surface area contributed by atoms with Crippen molar-refractivity contribution in [2.45, 2.75) is 45.3 Å². The lowest BCUT2D eigenvalue weighted by molar-refractivity contribution is 0.202. The number of nitrogens with zero attached hydrogens (tertiary/aromatic N) is 3. The highest BCUT2D eigenvalue weighted by molar-refractivity contribution is 5.53. The number of piperazine rings is 1. The van der Waals surface area contributed by atoms with Gasteiger partial charge in [0.25, 0.3) is 0 Å². The van der Waals surface area contributed by atoms with Crippen molar-refractivity contribution in [3.05, 3.63) is 24.0 Å². The molecule has 0 amide bonds. The van der Waals surface area contributed by atoms with E-state index in [0.717, 1.165) is 25.7 Å². The quantitative estimate of drug-likeness (QED) is 0.908. The number of hydrogen-bond donors (Lipinski definition) is 1. The van der Waals surface area contributed by atoms with Crippen molar-refractivity contribution in [3.8, 4) is 0 Å². The van der Waals surface area contributed by atoms with Gasteiger partial charge >= 0.3 is 0 Å². The molecule has 2 aliphatic rings. The maximum Gasteiger partial charge on any atom is 0.0601 e. The van der Waals surface area contributed by atoms with Gasteiger partial charge in [0.2, 0.25) is 0 Å².